The molecule has 2 rings (SSSR count). The number of rotatable bonds is 5. The summed E-state index contributed by atoms with van der Waals surface area (Å²) in [5.41, 5.74) is 3.49. The van der Waals surface area contributed by atoms with Gasteiger partial charge in [0.2, 0.25) is 5.91 Å². The molecular formula is C18H20F2N2O. The molecular weight excluding hydrogens is 298 g/mol. The van der Waals surface area contributed by atoms with Crippen LogP contribution in [0.15, 0.2) is 36.4 Å². The molecule has 0 fully saturated rings. The van der Waals surface area contributed by atoms with E-state index in [0.717, 1.165) is 28.9 Å². The summed E-state index contributed by atoms with van der Waals surface area (Å²) in [6.45, 7) is 5.79. The fourth-order valence-corrected chi connectivity index (χ4v) is 2.23. The van der Waals surface area contributed by atoms with Crippen molar-refractivity contribution < 1.29 is 13.6 Å². The van der Waals surface area contributed by atoms with Crippen molar-refractivity contribution in [2.75, 3.05) is 11.9 Å². The minimum absolute atomic E-state index is 0.0769. The normalized spacial score (nSPS) is 12.0. The van der Waals surface area contributed by atoms with Crippen LogP contribution in [0, 0.1) is 25.5 Å². The molecule has 0 saturated carbocycles. The Balaban J connectivity index is 1.93. The van der Waals surface area contributed by atoms with Crippen LogP contribution in [0.1, 0.15) is 29.7 Å². The van der Waals surface area contributed by atoms with Gasteiger partial charge in [0.05, 0.1) is 6.54 Å². The van der Waals surface area contributed by atoms with Crippen molar-refractivity contribution in [2.24, 2.45) is 0 Å². The van der Waals surface area contributed by atoms with E-state index in [1.165, 1.54) is 6.07 Å². The maximum Gasteiger partial charge on any atom is 0.238 e. The first-order valence-electron chi connectivity index (χ1n) is 7.43. The lowest BCUT2D eigenvalue weighted by Crippen LogP contribution is -2.30. The van der Waals surface area contributed by atoms with E-state index in [4.69, 9.17) is 0 Å². The molecule has 0 aliphatic heterocycles. The van der Waals surface area contributed by atoms with Crippen LogP contribution in [0.25, 0.3) is 0 Å². The van der Waals surface area contributed by atoms with E-state index in [1.54, 1.807) is 6.92 Å². The molecule has 2 aromatic carbocycles. The Morgan fingerprint density at radius 3 is 2.57 bits per heavy atom. The molecule has 1 amide bonds. The number of anilines is 1. The van der Waals surface area contributed by atoms with Crippen molar-refractivity contribution in [3.63, 3.8) is 0 Å². The highest BCUT2D eigenvalue weighted by molar-refractivity contribution is 5.93. The third-order valence-corrected chi connectivity index (χ3v) is 3.89. The molecule has 2 N–H and O–H groups in total. The third-order valence-electron chi connectivity index (χ3n) is 3.89. The van der Waals surface area contributed by atoms with Crippen LogP contribution in [0.3, 0.4) is 0 Å². The maximum atomic E-state index is 13.2. The Kier molecular flexibility index (Phi) is 5.45. The number of carbonyl (C=O) groups is 1. The molecule has 0 spiro atoms. The van der Waals surface area contributed by atoms with E-state index < -0.39 is 11.6 Å². The van der Waals surface area contributed by atoms with Gasteiger partial charge in [-0.05, 0) is 55.7 Å². The number of benzene rings is 2. The van der Waals surface area contributed by atoms with Crippen LogP contribution in [0.5, 0.6) is 0 Å². The fourth-order valence-electron chi connectivity index (χ4n) is 2.23. The molecule has 5 heteroatoms. The van der Waals surface area contributed by atoms with Gasteiger partial charge in [0, 0.05) is 11.7 Å². The van der Waals surface area contributed by atoms with E-state index in [0.29, 0.717) is 5.56 Å². The number of carbonyl (C=O) groups excluding carboxylic acids is 1. The van der Waals surface area contributed by atoms with E-state index >= 15 is 0 Å². The summed E-state index contributed by atoms with van der Waals surface area (Å²) >= 11 is 0. The average molecular weight is 318 g/mol. The fraction of sp³-hybridized carbons (Fsp3) is 0.278. The topological polar surface area (TPSA) is 41.1 Å². The summed E-state index contributed by atoms with van der Waals surface area (Å²) in [4.78, 5) is 12.0. The van der Waals surface area contributed by atoms with Crippen molar-refractivity contribution in [1.29, 1.82) is 0 Å². The molecule has 0 aliphatic rings. The molecule has 0 unspecified atom stereocenters. The third kappa shape index (κ3) is 4.36. The molecule has 0 heterocycles. The lowest BCUT2D eigenvalue weighted by molar-refractivity contribution is -0.115. The minimum atomic E-state index is -0.893. The highest BCUT2D eigenvalue weighted by Crippen LogP contribution is 2.18. The molecule has 2 aromatic rings. The highest BCUT2D eigenvalue weighted by Gasteiger charge is 2.11. The molecule has 0 aromatic heterocycles. The van der Waals surface area contributed by atoms with Gasteiger partial charge in [0.25, 0.3) is 0 Å². The highest BCUT2D eigenvalue weighted by atomic mass is 19.2. The van der Waals surface area contributed by atoms with E-state index in [2.05, 4.69) is 10.6 Å². The largest absolute Gasteiger partial charge is 0.325 e. The Bertz CT molecular complexity index is 716. The SMILES string of the molecule is Cc1cccc(NC(=O)CN[C@@H](C)c2ccc(F)c(F)c2)c1C. The van der Waals surface area contributed by atoms with Crippen LogP contribution in [0.2, 0.25) is 0 Å². The summed E-state index contributed by atoms with van der Waals surface area (Å²) in [6, 6.07) is 9.16. The second-order valence-corrected chi connectivity index (χ2v) is 5.57. The molecule has 122 valence electrons. The number of nitrogens with one attached hydrogen (secondary N) is 2. The van der Waals surface area contributed by atoms with Crippen molar-refractivity contribution in [3.8, 4) is 0 Å². The standard InChI is InChI=1S/C18H20F2N2O/c1-11-5-4-6-17(12(11)2)22-18(23)10-21-13(3)14-7-8-15(19)16(20)9-14/h4-9,13,21H,10H2,1-3H3,(H,22,23)/t13-/m0/s1. The van der Waals surface area contributed by atoms with E-state index in [9.17, 15) is 13.6 Å². The Hall–Kier alpha value is -2.27. The molecule has 1 atom stereocenters. The zero-order chi connectivity index (χ0) is 17.0. The van der Waals surface area contributed by atoms with Gasteiger partial charge in [0.1, 0.15) is 0 Å². The quantitative estimate of drug-likeness (QED) is 0.878. The molecule has 23 heavy (non-hydrogen) atoms. The van der Waals surface area contributed by atoms with Crippen molar-refractivity contribution >= 4 is 11.6 Å². The molecule has 0 radical (unpaired) electrons. The lowest BCUT2D eigenvalue weighted by Gasteiger charge is -2.15. The first-order valence-corrected chi connectivity index (χ1v) is 7.43. The summed E-state index contributed by atoms with van der Waals surface area (Å²) in [5, 5.41) is 5.84. The predicted octanol–water partition coefficient (Wildman–Crippen LogP) is 3.87. The van der Waals surface area contributed by atoms with Gasteiger partial charge in [-0.2, -0.15) is 0 Å². The van der Waals surface area contributed by atoms with Gasteiger partial charge >= 0.3 is 0 Å². The van der Waals surface area contributed by atoms with Crippen LogP contribution >= 0.6 is 0 Å². The molecule has 3 nitrogen and oxygen atoms in total. The van der Waals surface area contributed by atoms with Gasteiger partial charge in [-0.3, -0.25) is 4.79 Å². The van der Waals surface area contributed by atoms with Gasteiger partial charge in [-0.25, -0.2) is 8.78 Å². The zero-order valence-electron chi connectivity index (χ0n) is 13.4. The maximum absolute atomic E-state index is 13.2. The Morgan fingerprint density at radius 1 is 1.13 bits per heavy atom. The zero-order valence-corrected chi connectivity index (χ0v) is 13.4. The van der Waals surface area contributed by atoms with Gasteiger partial charge < -0.3 is 10.6 Å². The van der Waals surface area contributed by atoms with Crippen LogP contribution < -0.4 is 10.6 Å². The summed E-state index contributed by atoms with van der Waals surface area (Å²) in [5.74, 6) is -1.96. The van der Waals surface area contributed by atoms with Crippen molar-refractivity contribution in [3.05, 3.63) is 64.7 Å². The smallest absolute Gasteiger partial charge is 0.238 e. The molecule has 0 aliphatic carbocycles. The number of aryl methyl sites for hydroxylation is 1. The van der Waals surface area contributed by atoms with Crippen LogP contribution in [0.4, 0.5) is 14.5 Å². The van der Waals surface area contributed by atoms with Gasteiger partial charge in [-0.1, -0.05) is 18.2 Å². The number of hydrogen-bond donors (Lipinski definition) is 2. The lowest BCUT2D eigenvalue weighted by atomic mass is 10.1. The Labute approximate surface area is 134 Å². The van der Waals surface area contributed by atoms with Crippen LogP contribution in [-0.2, 0) is 4.79 Å². The van der Waals surface area contributed by atoms with Gasteiger partial charge in [-0.15, -0.1) is 0 Å². The second-order valence-electron chi connectivity index (χ2n) is 5.57. The Morgan fingerprint density at radius 2 is 1.87 bits per heavy atom. The van der Waals surface area contributed by atoms with Crippen molar-refractivity contribution in [1.82, 2.24) is 5.32 Å². The predicted molar refractivity (Wildman–Crippen MR) is 87.3 cm³/mol. The van der Waals surface area contributed by atoms with Crippen LogP contribution in [-0.4, -0.2) is 12.5 Å². The van der Waals surface area contributed by atoms with Gasteiger partial charge in [0.15, 0.2) is 11.6 Å². The number of hydrogen-bond acceptors (Lipinski definition) is 2. The first kappa shape index (κ1) is 17.1. The summed E-state index contributed by atoms with van der Waals surface area (Å²) in [7, 11) is 0. The monoisotopic (exact) mass is 318 g/mol. The second kappa shape index (κ2) is 7.33. The average Bonchev–Trinajstić information content (AvgIpc) is 2.52. The summed E-state index contributed by atoms with van der Waals surface area (Å²) in [6.07, 6.45) is 0. The number of amides is 1. The molecule has 0 saturated heterocycles. The minimum Gasteiger partial charge on any atom is -0.325 e. The van der Waals surface area contributed by atoms with E-state index in [-0.39, 0.29) is 18.5 Å². The molecule has 0 bridgehead atoms. The first-order chi connectivity index (χ1) is 10.9. The van der Waals surface area contributed by atoms with E-state index in [1.807, 2.05) is 32.0 Å². The number of halogens is 2. The summed E-state index contributed by atoms with van der Waals surface area (Å²) < 4.78 is 26.2. The van der Waals surface area contributed by atoms with Crippen molar-refractivity contribution in [2.45, 2.75) is 26.8 Å².